The van der Waals surface area contributed by atoms with Gasteiger partial charge in [0.25, 0.3) is 5.91 Å². The minimum absolute atomic E-state index is 0.264. The monoisotopic (exact) mass is 387 g/mol. The van der Waals surface area contributed by atoms with Crippen LogP contribution in [0.1, 0.15) is 27.3 Å². The molecule has 0 saturated heterocycles. The highest BCUT2D eigenvalue weighted by Crippen LogP contribution is 2.22. The van der Waals surface area contributed by atoms with Crippen LogP contribution in [0.2, 0.25) is 0 Å². The van der Waals surface area contributed by atoms with Crippen LogP contribution in [0.15, 0.2) is 30.3 Å². The van der Waals surface area contributed by atoms with Crippen molar-refractivity contribution in [2.45, 2.75) is 20.8 Å². The van der Waals surface area contributed by atoms with E-state index < -0.39 is 24.5 Å². The standard InChI is InChI=1S/C20H25N3O5/c1-13-6-5-7-16(10-13)23-14(2)11-17(15(23)3)19(25)28-12-18(24)22-20(26)21-8-9-27-4/h5-7,10-11H,8-9,12H2,1-4H3,(H2,21,22,24,26). The van der Waals surface area contributed by atoms with Crippen LogP contribution in [0.25, 0.3) is 5.69 Å². The van der Waals surface area contributed by atoms with Gasteiger partial charge in [-0.05, 0) is 44.5 Å². The number of carbonyl (C=O) groups is 3. The molecule has 0 aliphatic carbocycles. The quantitative estimate of drug-likeness (QED) is 0.560. The van der Waals surface area contributed by atoms with Crippen molar-refractivity contribution in [2.24, 2.45) is 0 Å². The van der Waals surface area contributed by atoms with Gasteiger partial charge in [0, 0.05) is 30.7 Å². The molecule has 3 amide bonds. The summed E-state index contributed by atoms with van der Waals surface area (Å²) in [5.74, 6) is -1.34. The summed E-state index contributed by atoms with van der Waals surface area (Å²) in [4.78, 5) is 35.6. The van der Waals surface area contributed by atoms with Crippen LogP contribution in [-0.4, -0.2) is 49.3 Å². The molecule has 0 fully saturated rings. The Labute approximate surface area is 163 Å². The highest BCUT2D eigenvalue weighted by Gasteiger charge is 2.19. The van der Waals surface area contributed by atoms with Crippen LogP contribution in [-0.2, 0) is 14.3 Å². The summed E-state index contributed by atoms with van der Waals surface area (Å²) >= 11 is 0. The summed E-state index contributed by atoms with van der Waals surface area (Å²) < 4.78 is 11.8. The van der Waals surface area contributed by atoms with Crippen molar-refractivity contribution in [3.63, 3.8) is 0 Å². The summed E-state index contributed by atoms with van der Waals surface area (Å²) in [6, 6.07) is 8.97. The third-order valence-corrected chi connectivity index (χ3v) is 4.09. The number of amides is 3. The average Bonchev–Trinajstić information content (AvgIpc) is 2.94. The van der Waals surface area contributed by atoms with Gasteiger partial charge in [0.2, 0.25) is 0 Å². The number of urea groups is 1. The Bertz CT molecular complexity index is 873. The first kappa shape index (κ1) is 21.2. The molecule has 1 heterocycles. The Morgan fingerprint density at radius 1 is 1.11 bits per heavy atom. The molecule has 0 aliphatic rings. The number of nitrogens with one attached hydrogen (secondary N) is 2. The van der Waals surface area contributed by atoms with Crippen molar-refractivity contribution < 1.29 is 23.9 Å². The molecule has 0 unspecified atom stereocenters. The average molecular weight is 387 g/mol. The zero-order valence-corrected chi connectivity index (χ0v) is 16.5. The predicted molar refractivity (Wildman–Crippen MR) is 104 cm³/mol. The smallest absolute Gasteiger partial charge is 0.340 e. The van der Waals surface area contributed by atoms with Gasteiger partial charge in [-0.15, -0.1) is 0 Å². The number of carbonyl (C=O) groups excluding carboxylic acids is 3. The number of nitrogens with zero attached hydrogens (tertiary/aromatic N) is 1. The van der Waals surface area contributed by atoms with Crippen molar-refractivity contribution in [3.05, 3.63) is 52.8 Å². The van der Waals surface area contributed by atoms with E-state index in [9.17, 15) is 14.4 Å². The third-order valence-electron chi connectivity index (χ3n) is 4.09. The Balaban J connectivity index is 1.99. The second-order valence-electron chi connectivity index (χ2n) is 6.33. The van der Waals surface area contributed by atoms with Gasteiger partial charge in [0.1, 0.15) is 0 Å². The van der Waals surface area contributed by atoms with Crippen LogP contribution < -0.4 is 10.6 Å². The molecule has 0 atom stereocenters. The molecule has 1 aromatic carbocycles. The van der Waals surface area contributed by atoms with Gasteiger partial charge in [-0.1, -0.05) is 12.1 Å². The van der Waals surface area contributed by atoms with E-state index in [1.165, 1.54) is 7.11 Å². The molecule has 1 aromatic heterocycles. The highest BCUT2D eigenvalue weighted by atomic mass is 16.5. The van der Waals surface area contributed by atoms with Crippen LogP contribution in [0.4, 0.5) is 4.79 Å². The number of esters is 1. The number of hydrogen-bond donors (Lipinski definition) is 2. The predicted octanol–water partition coefficient (Wildman–Crippen LogP) is 2.03. The molecule has 0 saturated carbocycles. The van der Waals surface area contributed by atoms with E-state index in [0.29, 0.717) is 17.9 Å². The van der Waals surface area contributed by atoms with Crippen LogP contribution >= 0.6 is 0 Å². The molecule has 0 spiro atoms. The highest BCUT2D eigenvalue weighted by molar-refractivity contribution is 5.97. The number of methoxy groups -OCH3 is 1. The maximum Gasteiger partial charge on any atom is 0.340 e. The lowest BCUT2D eigenvalue weighted by Gasteiger charge is -2.11. The van der Waals surface area contributed by atoms with E-state index in [4.69, 9.17) is 9.47 Å². The number of benzene rings is 1. The topological polar surface area (TPSA) is 98.7 Å². The second-order valence-corrected chi connectivity index (χ2v) is 6.33. The third kappa shape index (κ3) is 5.43. The molecule has 28 heavy (non-hydrogen) atoms. The molecule has 2 N–H and O–H groups in total. The van der Waals surface area contributed by atoms with Gasteiger partial charge < -0.3 is 19.4 Å². The number of aryl methyl sites for hydroxylation is 2. The van der Waals surface area contributed by atoms with Crippen LogP contribution in [0.5, 0.6) is 0 Å². The molecule has 8 heteroatoms. The normalized spacial score (nSPS) is 10.4. The number of aromatic nitrogens is 1. The van der Waals surface area contributed by atoms with Gasteiger partial charge in [-0.3, -0.25) is 10.1 Å². The van der Waals surface area contributed by atoms with E-state index >= 15 is 0 Å². The summed E-state index contributed by atoms with van der Waals surface area (Å²) in [6.07, 6.45) is 0. The van der Waals surface area contributed by atoms with E-state index in [-0.39, 0.29) is 6.54 Å². The van der Waals surface area contributed by atoms with Gasteiger partial charge in [-0.25, -0.2) is 9.59 Å². The van der Waals surface area contributed by atoms with E-state index in [1.807, 2.05) is 49.6 Å². The first-order valence-corrected chi connectivity index (χ1v) is 8.83. The van der Waals surface area contributed by atoms with Crippen LogP contribution in [0.3, 0.4) is 0 Å². The summed E-state index contributed by atoms with van der Waals surface area (Å²) in [5, 5.41) is 4.52. The van der Waals surface area contributed by atoms with Crippen molar-refractivity contribution in [1.82, 2.24) is 15.2 Å². The molecule has 2 aromatic rings. The SMILES string of the molecule is COCCNC(=O)NC(=O)COC(=O)c1cc(C)n(-c2cccc(C)c2)c1C. The maximum absolute atomic E-state index is 12.4. The molecule has 2 rings (SSSR count). The Kier molecular flexibility index (Phi) is 7.34. The van der Waals surface area contributed by atoms with E-state index in [1.54, 1.807) is 6.07 Å². The molecular weight excluding hydrogens is 362 g/mol. The van der Waals surface area contributed by atoms with E-state index in [0.717, 1.165) is 16.9 Å². The molecule has 8 nitrogen and oxygen atoms in total. The zero-order chi connectivity index (χ0) is 20.7. The number of rotatable bonds is 7. The Hall–Kier alpha value is -3.13. The van der Waals surface area contributed by atoms with Gasteiger partial charge in [0.05, 0.1) is 12.2 Å². The lowest BCUT2D eigenvalue weighted by atomic mass is 10.2. The van der Waals surface area contributed by atoms with Crippen molar-refractivity contribution in [2.75, 3.05) is 26.9 Å². The number of ether oxygens (including phenoxy) is 2. The molecule has 0 bridgehead atoms. The van der Waals surface area contributed by atoms with Gasteiger partial charge in [0.15, 0.2) is 6.61 Å². The van der Waals surface area contributed by atoms with Crippen LogP contribution in [0, 0.1) is 20.8 Å². The molecule has 0 aliphatic heterocycles. The van der Waals surface area contributed by atoms with Gasteiger partial charge >= 0.3 is 12.0 Å². The summed E-state index contributed by atoms with van der Waals surface area (Å²) in [5.41, 5.74) is 4.01. The number of imide groups is 1. The Morgan fingerprint density at radius 2 is 1.86 bits per heavy atom. The Morgan fingerprint density at radius 3 is 2.54 bits per heavy atom. The zero-order valence-electron chi connectivity index (χ0n) is 16.5. The second kappa shape index (κ2) is 9.70. The first-order chi connectivity index (χ1) is 13.3. The lowest BCUT2D eigenvalue weighted by molar-refractivity contribution is -0.123. The fourth-order valence-corrected chi connectivity index (χ4v) is 2.82. The van der Waals surface area contributed by atoms with Crippen molar-refractivity contribution in [1.29, 1.82) is 0 Å². The van der Waals surface area contributed by atoms with Crippen molar-refractivity contribution >= 4 is 17.9 Å². The van der Waals surface area contributed by atoms with Gasteiger partial charge in [-0.2, -0.15) is 0 Å². The molecular formula is C20H25N3O5. The lowest BCUT2D eigenvalue weighted by Crippen LogP contribution is -2.42. The number of hydrogen-bond acceptors (Lipinski definition) is 5. The summed E-state index contributed by atoms with van der Waals surface area (Å²) in [7, 11) is 1.50. The fraction of sp³-hybridized carbons (Fsp3) is 0.350. The maximum atomic E-state index is 12.4. The van der Waals surface area contributed by atoms with Crippen molar-refractivity contribution in [3.8, 4) is 5.69 Å². The fourth-order valence-electron chi connectivity index (χ4n) is 2.82. The first-order valence-electron chi connectivity index (χ1n) is 8.83. The largest absolute Gasteiger partial charge is 0.452 e. The molecule has 0 radical (unpaired) electrons. The minimum atomic E-state index is -0.712. The molecule has 150 valence electrons. The minimum Gasteiger partial charge on any atom is -0.452 e. The summed E-state index contributed by atoms with van der Waals surface area (Å²) in [6.45, 7) is 5.74. The van der Waals surface area contributed by atoms with E-state index in [2.05, 4.69) is 10.6 Å².